The Labute approximate surface area is 319 Å². The predicted molar refractivity (Wildman–Crippen MR) is 225 cm³/mol. The number of hydrogen-bond donors (Lipinski definition) is 0. The third-order valence-electron chi connectivity index (χ3n) is 10.2. The van der Waals surface area contributed by atoms with Crippen LogP contribution >= 0.6 is 0 Å². The average molecular weight is 704 g/mol. The molecule has 2 heterocycles. The number of nitrogens with zero attached hydrogens (tertiary/aromatic N) is 3. The second-order valence-corrected chi connectivity index (χ2v) is 13.6. The fourth-order valence-electron chi connectivity index (χ4n) is 7.40. The molecule has 0 aliphatic carbocycles. The highest BCUT2D eigenvalue weighted by atomic mass is 16.3. The van der Waals surface area contributed by atoms with Gasteiger partial charge in [-0.3, -0.25) is 0 Å². The second-order valence-electron chi connectivity index (χ2n) is 13.6. The molecule has 0 aliphatic heterocycles. The fraction of sp³-hybridized carbons (Fsp3) is 0. The fourth-order valence-corrected chi connectivity index (χ4v) is 7.40. The van der Waals surface area contributed by atoms with Gasteiger partial charge < -0.3 is 4.42 Å². The Morgan fingerprint density at radius 2 is 0.727 bits per heavy atom. The number of hydrogen-bond acceptors (Lipinski definition) is 4. The molecule has 0 spiro atoms. The van der Waals surface area contributed by atoms with Crippen molar-refractivity contribution in [2.75, 3.05) is 0 Å². The summed E-state index contributed by atoms with van der Waals surface area (Å²) in [4.78, 5) is 15.5. The summed E-state index contributed by atoms with van der Waals surface area (Å²) >= 11 is 0. The molecule has 258 valence electrons. The van der Waals surface area contributed by atoms with Crippen molar-refractivity contribution < 1.29 is 4.42 Å². The minimum atomic E-state index is 0.586. The minimum Gasteiger partial charge on any atom is -0.455 e. The summed E-state index contributed by atoms with van der Waals surface area (Å²) in [6, 6.07) is 69.2. The quantitative estimate of drug-likeness (QED) is 0.166. The molecule has 0 bridgehead atoms. The molecular formula is C51H33N3O. The number of fused-ring (bicyclic) bond motifs is 3. The lowest BCUT2D eigenvalue weighted by Crippen LogP contribution is -2.00. The summed E-state index contributed by atoms with van der Waals surface area (Å²) in [6.07, 6.45) is 0. The van der Waals surface area contributed by atoms with Crippen molar-refractivity contribution >= 4 is 21.9 Å². The molecule has 0 saturated heterocycles. The molecule has 0 atom stereocenters. The number of para-hydroxylation sites is 1. The van der Waals surface area contributed by atoms with E-state index in [4.69, 9.17) is 19.4 Å². The first-order valence-corrected chi connectivity index (χ1v) is 18.4. The lowest BCUT2D eigenvalue weighted by molar-refractivity contribution is 0.670. The maximum atomic E-state index is 6.69. The van der Waals surface area contributed by atoms with Gasteiger partial charge in [-0.15, -0.1) is 0 Å². The van der Waals surface area contributed by atoms with Gasteiger partial charge in [-0.1, -0.05) is 188 Å². The smallest absolute Gasteiger partial charge is 0.164 e. The van der Waals surface area contributed by atoms with Crippen LogP contribution in [0.1, 0.15) is 0 Å². The van der Waals surface area contributed by atoms with Crippen LogP contribution in [0, 0.1) is 0 Å². The van der Waals surface area contributed by atoms with Crippen LogP contribution in [0.4, 0.5) is 0 Å². The summed E-state index contributed by atoms with van der Waals surface area (Å²) in [7, 11) is 0. The molecule has 0 N–H and O–H groups in total. The summed E-state index contributed by atoms with van der Waals surface area (Å²) in [5.41, 5.74) is 13.3. The number of rotatable bonds is 7. The van der Waals surface area contributed by atoms with Crippen molar-refractivity contribution in [3.05, 3.63) is 200 Å². The number of benzene rings is 8. The second kappa shape index (κ2) is 13.8. The Balaban J connectivity index is 1.12. The van der Waals surface area contributed by atoms with E-state index < -0.39 is 0 Å². The van der Waals surface area contributed by atoms with Crippen molar-refractivity contribution in [2.24, 2.45) is 0 Å². The summed E-state index contributed by atoms with van der Waals surface area (Å²) in [5.74, 6) is 1.80. The van der Waals surface area contributed by atoms with Gasteiger partial charge in [-0.25, -0.2) is 15.0 Å². The minimum absolute atomic E-state index is 0.586. The third kappa shape index (κ3) is 6.16. The van der Waals surface area contributed by atoms with Crippen LogP contribution in [0.5, 0.6) is 0 Å². The molecule has 0 fully saturated rings. The van der Waals surface area contributed by atoms with Crippen LogP contribution in [0.2, 0.25) is 0 Å². The zero-order chi connectivity index (χ0) is 36.6. The van der Waals surface area contributed by atoms with Crippen molar-refractivity contribution in [2.45, 2.75) is 0 Å². The topological polar surface area (TPSA) is 51.8 Å². The van der Waals surface area contributed by atoms with Gasteiger partial charge in [-0.05, 0) is 51.1 Å². The SMILES string of the molecule is c1ccc(-c2ccc(-c3nc(-c4cccc(-c5ccccc5)c4)nc(-c4cccc5oc6c(-c7ccc(-c8ccccc8)cc7)cccc6c45)n3)cc2)cc1. The monoisotopic (exact) mass is 703 g/mol. The van der Waals surface area contributed by atoms with Gasteiger partial charge in [-0.2, -0.15) is 0 Å². The summed E-state index contributed by atoms with van der Waals surface area (Å²) in [5, 5.41) is 1.98. The Hall–Kier alpha value is -7.43. The summed E-state index contributed by atoms with van der Waals surface area (Å²) in [6.45, 7) is 0. The summed E-state index contributed by atoms with van der Waals surface area (Å²) < 4.78 is 6.69. The highest BCUT2D eigenvalue weighted by molar-refractivity contribution is 6.15. The lowest BCUT2D eigenvalue weighted by Gasteiger charge is -2.11. The maximum absolute atomic E-state index is 6.69. The first-order chi connectivity index (χ1) is 27.2. The first-order valence-electron chi connectivity index (χ1n) is 18.4. The zero-order valence-corrected chi connectivity index (χ0v) is 29.8. The van der Waals surface area contributed by atoms with Crippen LogP contribution in [0.3, 0.4) is 0 Å². The highest BCUT2D eigenvalue weighted by Crippen LogP contribution is 2.41. The average Bonchev–Trinajstić information content (AvgIpc) is 3.67. The normalized spacial score (nSPS) is 11.3. The standard InChI is InChI=1S/C51H33N3O/c1-4-13-34(14-5-1)37-25-29-39(30-26-37)43-21-11-22-44-47-45(23-12-24-46(47)55-48(43)44)51-53-49(40-31-27-38(28-32-40)35-15-6-2-7-16-35)52-50(54-51)42-20-10-19-41(33-42)36-17-8-3-9-18-36/h1-33H. The first kappa shape index (κ1) is 32.2. The number of furan rings is 1. The molecule has 10 rings (SSSR count). The van der Waals surface area contributed by atoms with Gasteiger partial charge >= 0.3 is 0 Å². The van der Waals surface area contributed by atoms with Crippen LogP contribution in [0.15, 0.2) is 205 Å². The van der Waals surface area contributed by atoms with Gasteiger partial charge in [0, 0.05) is 33.0 Å². The Kier molecular flexibility index (Phi) is 8.12. The largest absolute Gasteiger partial charge is 0.455 e. The van der Waals surface area contributed by atoms with Gasteiger partial charge in [0.2, 0.25) is 0 Å². The molecule has 0 saturated carbocycles. The van der Waals surface area contributed by atoms with Crippen LogP contribution in [0.25, 0.3) is 101 Å². The van der Waals surface area contributed by atoms with Gasteiger partial charge in [0.05, 0.1) is 0 Å². The van der Waals surface area contributed by atoms with Crippen LogP contribution < -0.4 is 0 Å². The zero-order valence-electron chi connectivity index (χ0n) is 29.8. The van der Waals surface area contributed by atoms with Crippen LogP contribution in [-0.2, 0) is 0 Å². The molecule has 10 aromatic rings. The predicted octanol–water partition coefficient (Wildman–Crippen LogP) is 13.4. The van der Waals surface area contributed by atoms with E-state index in [1.165, 1.54) is 11.1 Å². The van der Waals surface area contributed by atoms with E-state index in [1.54, 1.807) is 0 Å². The molecule has 0 aliphatic rings. The molecule has 2 aromatic heterocycles. The molecule has 8 aromatic carbocycles. The van der Waals surface area contributed by atoms with E-state index in [-0.39, 0.29) is 0 Å². The Morgan fingerprint density at radius 3 is 1.36 bits per heavy atom. The molecule has 0 unspecified atom stereocenters. The van der Waals surface area contributed by atoms with E-state index >= 15 is 0 Å². The van der Waals surface area contributed by atoms with E-state index in [1.807, 2.05) is 30.3 Å². The Morgan fingerprint density at radius 1 is 0.291 bits per heavy atom. The third-order valence-corrected chi connectivity index (χ3v) is 10.2. The van der Waals surface area contributed by atoms with Crippen molar-refractivity contribution in [1.29, 1.82) is 0 Å². The molecular weight excluding hydrogens is 671 g/mol. The number of aromatic nitrogens is 3. The molecule has 4 nitrogen and oxygen atoms in total. The molecule has 4 heteroatoms. The van der Waals surface area contributed by atoms with Crippen LogP contribution in [-0.4, -0.2) is 15.0 Å². The maximum Gasteiger partial charge on any atom is 0.164 e. The van der Waals surface area contributed by atoms with E-state index in [0.29, 0.717) is 17.5 Å². The molecule has 55 heavy (non-hydrogen) atoms. The molecule has 0 radical (unpaired) electrons. The van der Waals surface area contributed by atoms with Gasteiger partial charge in [0.15, 0.2) is 17.5 Å². The van der Waals surface area contributed by atoms with Crippen molar-refractivity contribution in [1.82, 2.24) is 15.0 Å². The van der Waals surface area contributed by atoms with Gasteiger partial charge in [0.1, 0.15) is 11.2 Å². The van der Waals surface area contributed by atoms with Gasteiger partial charge in [0.25, 0.3) is 0 Å². The van der Waals surface area contributed by atoms with E-state index in [2.05, 4.69) is 170 Å². The molecule has 0 amide bonds. The van der Waals surface area contributed by atoms with E-state index in [0.717, 1.165) is 72.0 Å². The van der Waals surface area contributed by atoms with Crippen molar-refractivity contribution in [3.8, 4) is 78.7 Å². The highest BCUT2D eigenvalue weighted by Gasteiger charge is 2.20. The Bertz CT molecular complexity index is 2940. The van der Waals surface area contributed by atoms with E-state index in [9.17, 15) is 0 Å². The van der Waals surface area contributed by atoms with Crippen molar-refractivity contribution in [3.63, 3.8) is 0 Å². The lowest BCUT2D eigenvalue weighted by atomic mass is 9.98.